The molecule has 39 heavy (non-hydrogen) atoms. The number of ketones is 1. The third-order valence-electron chi connectivity index (χ3n) is 7.71. The fourth-order valence-corrected chi connectivity index (χ4v) is 5.49. The molecule has 0 radical (unpaired) electrons. The van der Waals surface area contributed by atoms with E-state index in [1.54, 1.807) is 6.92 Å². The van der Waals surface area contributed by atoms with E-state index < -0.39 is 85.5 Å². The Morgan fingerprint density at radius 3 is 2.28 bits per heavy atom. The minimum atomic E-state index is -1.96. The molecule has 2 heterocycles. The molecule has 14 nitrogen and oxygen atoms in total. The summed E-state index contributed by atoms with van der Waals surface area (Å²) in [6, 6.07) is 0. The Bertz CT molecular complexity index is 892. The lowest BCUT2D eigenvalue weighted by Gasteiger charge is -2.46. The van der Waals surface area contributed by atoms with Crippen LogP contribution in [-0.2, 0) is 28.5 Å². The van der Waals surface area contributed by atoms with Crippen molar-refractivity contribution < 1.29 is 69.4 Å². The van der Waals surface area contributed by atoms with Crippen molar-refractivity contribution >= 4 is 11.8 Å². The van der Waals surface area contributed by atoms with E-state index in [4.69, 9.17) is 18.9 Å². The van der Waals surface area contributed by atoms with Gasteiger partial charge in [-0.1, -0.05) is 13.8 Å². The van der Waals surface area contributed by atoms with Crippen LogP contribution in [0.4, 0.5) is 0 Å². The minimum absolute atomic E-state index is 0.0577. The zero-order valence-corrected chi connectivity index (χ0v) is 22.1. The van der Waals surface area contributed by atoms with E-state index in [-0.39, 0.29) is 18.3 Å². The van der Waals surface area contributed by atoms with Gasteiger partial charge in [0, 0.05) is 6.42 Å². The number of rotatable bonds is 10. The summed E-state index contributed by atoms with van der Waals surface area (Å²) in [6.07, 6.45) is -15.2. The van der Waals surface area contributed by atoms with E-state index in [0.29, 0.717) is 24.8 Å². The van der Waals surface area contributed by atoms with E-state index in [1.807, 2.05) is 13.8 Å². The fourth-order valence-electron chi connectivity index (χ4n) is 5.49. The summed E-state index contributed by atoms with van der Waals surface area (Å²) in [5.41, 5.74) is 0.217. The Hall–Kier alpha value is -1.56. The number of carbonyl (C=O) groups is 2. The van der Waals surface area contributed by atoms with E-state index >= 15 is 0 Å². The lowest BCUT2D eigenvalue weighted by atomic mass is 9.66. The molecule has 12 unspecified atom stereocenters. The smallest absolute Gasteiger partial charge is 0.335 e. The number of hydrogen-bond donors (Lipinski definition) is 8. The third kappa shape index (κ3) is 7.02. The SMILES string of the molecule is CC(CCC1C(CO)=CC(=O)CC1(C)C)OC1OC(CO)C(O)C(O)C1OC1OC(C(=O)O)C(O)C(O)C1O. The average molecular weight is 565 g/mol. The molecule has 12 atom stereocenters. The fraction of sp³-hybridized carbons (Fsp3) is 0.840. The second-order valence-corrected chi connectivity index (χ2v) is 11.1. The number of aliphatic carboxylic acids is 1. The molecular weight excluding hydrogens is 524 g/mol. The van der Waals surface area contributed by atoms with Gasteiger partial charge in [-0.15, -0.1) is 0 Å². The molecule has 3 aliphatic rings. The molecule has 0 saturated carbocycles. The first-order valence-electron chi connectivity index (χ1n) is 12.9. The molecule has 1 aliphatic carbocycles. The molecule has 2 saturated heterocycles. The highest BCUT2D eigenvalue weighted by atomic mass is 16.8. The molecule has 0 aromatic rings. The van der Waals surface area contributed by atoms with Crippen LogP contribution in [0.15, 0.2) is 11.6 Å². The molecule has 0 amide bonds. The molecule has 14 heteroatoms. The quantitative estimate of drug-likeness (QED) is 0.136. The molecule has 224 valence electrons. The number of ether oxygens (including phenoxy) is 4. The van der Waals surface area contributed by atoms with Crippen LogP contribution >= 0.6 is 0 Å². The highest BCUT2D eigenvalue weighted by Gasteiger charge is 2.52. The van der Waals surface area contributed by atoms with Crippen molar-refractivity contribution in [1.82, 2.24) is 0 Å². The van der Waals surface area contributed by atoms with E-state index in [2.05, 4.69) is 0 Å². The molecular formula is C25H40O14. The van der Waals surface area contributed by atoms with Gasteiger partial charge in [0.25, 0.3) is 0 Å². The van der Waals surface area contributed by atoms with Crippen LogP contribution in [0.2, 0.25) is 0 Å². The number of allylic oxidation sites excluding steroid dienone is 1. The number of carbonyl (C=O) groups excluding carboxylic acids is 1. The zero-order chi connectivity index (χ0) is 29.2. The van der Waals surface area contributed by atoms with Crippen molar-refractivity contribution in [2.24, 2.45) is 11.3 Å². The normalized spacial score (nSPS) is 41.6. The number of hydrogen-bond acceptors (Lipinski definition) is 13. The summed E-state index contributed by atoms with van der Waals surface area (Å²) in [5.74, 6) is -1.81. The maximum Gasteiger partial charge on any atom is 0.335 e. The van der Waals surface area contributed by atoms with Crippen LogP contribution in [0.3, 0.4) is 0 Å². The lowest BCUT2D eigenvalue weighted by molar-refractivity contribution is -0.368. The van der Waals surface area contributed by atoms with E-state index in [0.717, 1.165) is 0 Å². The summed E-state index contributed by atoms with van der Waals surface area (Å²) in [5, 5.41) is 80.1. The molecule has 0 bridgehead atoms. The van der Waals surface area contributed by atoms with E-state index in [1.165, 1.54) is 6.08 Å². The van der Waals surface area contributed by atoms with Crippen LogP contribution in [0, 0.1) is 11.3 Å². The van der Waals surface area contributed by atoms with Gasteiger partial charge in [-0.25, -0.2) is 4.79 Å². The highest BCUT2D eigenvalue weighted by Crippen LogP contribution is 2.42. The molecule has 2 aliphatic heterocycles. The Morgan fingerprint density at radius 1 is 1.03 bits per heavy atom. The Balaban J connectivity index is 1.74. The Labute approximate surface area is 225 Å². The Kier molecular flexibility index (Phi) is 10.6. The molecule has 0 aromatic carbocycles. The lowest BCUT2D eigenvalue weighted by Crippen LogP contribution is -2.65. The van der Waals surface area contributed by atoms with Gasteiger partial charge in [-0.2, -0.15) is 0 Å². The second kappa shape index (κ2) is 13.0. The summed E-state index contributed by atoms with van der Waals surface area (Å²) in [4.78, 5) is 23.5. The number of aliphatic hydroxyl groups excluding tert-OH is 7. The maximum atomic E-state index is 12.0. The van der Waals surface area contributed by atoms with Crippen molar-refractivity contribution in [2.75, 3.05) is 13.2 Å². The van der Waals surface area contributed by atoms with Gasteiger partial charge in [-0.3, -0.25) is 4.79 Å². The molecule has 0 aromatic heterocycles. The van der Waals surface area contributed by atoms with Gasteiger partial charge in [0.15, 0.2) is 24.5 Å². The van der Waals surface area contributed by atoms with Crippen molar-refractivity contribution in [3.05, 3.63) is 11.6 Å². The summed E-state index contributed by atoms with van der Waals surface area (Å²) in [7, 11) is 0. The van der Waals surface area contributed by atoms with Crippen molar-refractivity contribution in [3.8, 4) is 0 Å². The number of carboxylic acids is 1. The second-order valence-electron chi connectivity index (χ2n) is 11.1. The average Bonchev–Trinajstić information content (AvgIpc) is 2.86. The standard InChI is InChI=1S/C25H40O14/c1-10(4-5-13-11(8-26)6-12(28)7-25(13,2)3)36-24-21(17(31)15(29)14(9-27)37-24)39-23-19(33)16(30)18(32)20(38-23)22(34)35/h6,10,13-21,23-24,26-27,29-33H,4-5,7-9H2,1-3H3,(H,34,35). The first-order chi connectivity index (χ1) is 18.2. The highest BCUT2D eigenvalue weighted by molar-refractivity contribution is 5.92. The topological polar surface area (TPSA) is 233 Å². The monoisotopic (exact) mass is 564 g/mol. The predicted octanol–water partition coefficient (Wildman–Crippen LogP) is -2.58. The van der Waals surface area contributed by atoms with Crippen molar-refractivity contribution in [2.45, 2.75) is 108 Å². The van der Waals surface area contributed by atoms with Crippen LogP contribution in [0.1, 0.15) is 40.0 Å². The van der Waals surface area contributed by atoms with Crippen molar-refractivity contribution in [3.63, 3.8) is 0 Å². The van der Waals surface area contributed by atoms with Crippen LogP contribution in [-0.4, -0.2) is 133 Å². The van der Waals surface area contributed by atoms with Gasteiger partial charge in [0.05, 0.1) is 19.3 Å². The van der Waals surface area contributed by atoms with Gasteiger partial charge in [-0.05, 0) is 42.7 Å². The van der Waals surface area contributed by atoms with Gasteiger partial charge in [0.1, 0.15) is 42.7 Å². The van der Waals surface area contributed by atoms with Gasteiger partial charge in [0.2, 0.25) is 0 Å². The molecule has 0 spiro atoms. The minimum Gasteiger partial charge on any atom is -0.479 e. The third-order valence-corrected chi connectivity index (χ3v) is 7.71. The summed E-state index contributed by atoms with van der Waals surface area (Å²) < 4.78 is 22.3. The van der Waals surface area contributed by atoms with E-state index in [9.17, 15) is 50.4 Å². The maximum absolute atomic E-state index is 12.0. The van der Waals surface area contributed by atoms with Gasteiger partial charge >= 0.3 is 5.97 Å². The first-order valence-corrected chi connectivity index (χ1v) is 12.9. The number of aliphatic hydroxyl groups is 7. The summed E-state index contributed by atoms with van der Waals surface area (Å²) in [6.45, 7) is 4.63. The van der Waals surface area contributed by atoms with Crippen LogP contribution < -0.4 is 0 Å². The van der Waals surface area contributed by atoms with Gasteiger partial charge < -0.3 is 59.8 Å². The summed E-state index contributed by atoms with van der Waals surface area (Å²) >= 11 is 0. The Morgan fingerprint density at radius 2 is 1.69 bits per heavy atom. The van der Waals surface area contributed by atoms with Crippen LogP contribution in [0.5, 0.6) is 0 Å². The zero-order valence-electron chi connectivity index (χ0n) is 22.1. The number of carboxylic acid groups (broad SMARTS) is 1. The first kappa shape index (κ1) is 32.0. The van der Waals surface area contributed by atoms with Crippen molar-refractivity contribution in [1.29, 1.82) is 0 Å². The molecule has 2 fully saturated rings. The molecule has 8 N–H and O–H groups in total. The van der Waals surface area contributed by atoms with Crippen LogP contribution in [0.25, 0.3) is 0 Å². The predicted molar refractivity (Wildman–Crippen MR) is 129 cm³/mol. The largest absolute Gasteiger partial charge is 0.479 e. The molecule has 3 rings (SSSR count).